The van der Waals surface area contributed by atoms with Gasteiger partial charge in [0, 0.05) is 55.9 Å². The van der Waals surface area contributed by atoms with Gasteiger partial charge in [-0.1, -0.05) is 121 Å². The second-order valence-electron chi connectivity index (χ2n) is 12.8. The molecule has 0 atom stereocenters. The van der Waals surface area contributed by atoms with Gasteiger partial charge in [-0.05, 0) is 61.0 Å². The van der Waals surface area contributed by atoms with E-state index in [1.165, 1.54) is 71.7 Å². The SMILES string of the molecule is CCn1c2ccccc2c2cc(N3c4ccccc4C(c4ccccc4)(n4c5ccccc5c5ccccc54)c4ccccc43)ccc21. The van der Waals surface area contributed by atoms with Gasteiger partial charge >= 0.3 is 0 Å². The van der Waals surface area contributed by atoms with Crippen LogP contribution in [0.3, 0.4) is 0 Å². The van der Waals surface area contributed by atoms with E-state index >= 15 is 0 Å². The van der Waals surface area contributed by atoms with Gasteiger partial charge in [-0.15, -0.1) is 0 Å². The van der Waals surface area contributed by atoms with Crippen LogP contribution in [-0.2, 0) is 12.1 Å². The molecular weight excluding hydrogens is 583 g/mol. The van der Waals surface area contributed by atoms with E-state index in [0.717, 1.165) is 12.2 Å². The number of para-hydroxylation sites is 5. The molecule has 0 spiro atoms. The molecule has 0 fully saturated rings. The number of hydrogen-bond donors (Lipinski definition) is 0. The molecule has 9 aromatic rings. The number of nitrogens with zero attached hydrogens (tertiary/aromatic N) is 3. The minimum absolute atomic E-state index is 0.643. The lowest BCUT2D eigenvalue weighted by Crippen LogP contribution is -2.42. The molecule has 3 heterocycles. The quantitative estimate of drug-likeness (QED) is 0.192. The molecule has 0 bridgehead atoms. The van der Waals surface area contributed by atoms with Gasteiger partial charge in [0.2, 0.25) is 0 Å². The van der Waals surface area contributed by atoms with Gasteiger partial charge in [-0.25, -0.2) is 0 Å². The summed E-state index contributed by atoms with van der Waals surface area (Å²) >= 11 is 0. The van der Waals surface area contributed by atoms with Gasteiger partial charge in [0.25, 0.3) is 0 Å². The molecule has 3 heteroatoms. The van der Waals surface area contributed by atoms with Crippen molar-refractivity contribution in [2.24, 2.45) is 0 Å². The van der Waals surface area contributed by atoms with Gasteiger partial charge < -0.3 is 14.0 Å². The fourth-order valence-electron chi connectivity index (χ4n) is 8.67. The fraction of sp³-hybridized carbons (Fsp3) is 0.0667. The molecule has 7 aromatic carbocycles. The zero-order valence-electron chi connectivity index (χ0n) is 26.7. The lowest BCUT2D eigenvalue weighted by atomic mass is 9.72. The van der Waals surface area contributed by atoms with Crippen LogP contribution >= 0.6 is 0 Å². The Labute approximate surface area is 279 Å². The molecule has 0 radical (unpaired) electrons. The van der Waals surface area contributed by atoms with Crippen molar-refractivity contribution in [1.29, 1.82) is 0 Å². The topological polar surface area (TPSA) is 13.1 Å². The van der Waals surface area contributed by atoms with E-state index in [0.29, 0.717) is 0 Å². The summed E-state index contributed by atoms with van der Waals surface area (Å²) in [5.74, 6) is 0. The van der Waals surface area contributed by atoms with Crippen LogP contribution in [0.25, 0.3) is 43.6 Å². The molecule has 3 nitrogen and oxygen atoms in total. The van der Waals surface area contributed by atoms with E-state index in [2.05, 4.69) is 191 Å². The molecule has 2 aromatic heterocycles. The molecule has 0 amide bonds. The third-order valence-corrected chi connectivity index (χ3v) is 10.5. The van der Waals surface area contributed by atoms with Crippen molar-refractivity contribution in [1.82, 2.24) is 9.13 Å². The van der Waals surface area contributed by atoms with Crippen LogP contribution in [0.5, 0.6) is 0 Å². The number of fused-ring (bicyclic) bond motifs is 8. The van der Waals surface area contributed by atoms with Gasteiger partial charge in [0.1, 0.15) is 5.54 Å². The van der Waals surface area contributed by atoms with E-state index in [1.807, 2.05) is 0 Å². The van der Waals surface area contributed by atoms with Crippen LogP contribution in [0.4, 0.5) is 17.1 Å². The molecule has 1 aliphatic heterocycles. The zero-order valence-corrected chi connectivity index (χ0v) is 26.7. The molecule has 0 aliphatic carbocycles. The first-order valence-electron chi connectivity index (χ1n) is 16.8. The van der Waals surface area contributed by atoms with Crippen molar-refractivity contribution in [2.75, 3.05) is 4.90 Å². The van der Waals surface area contributed by atoms with E-state index in [9.17, 15) is 0 Å². The number of hydrogen-bond acceptors (Lipinski definition) is 1. The van der Waals surface area contributed by atoms with Crippen molar-refractivity contribution in [3.63, 3.8) is 0 Å². The number of aromatic nitrogens is 2. The van der Waals surface area contributed by atoms with Crippen LogP contribution in [0.1, 0.15) is 23.6 Å². The average Bonchev–Trinajstić information content (AvgIpc) is 3.67. The molecule has 0 N–H and O–H groups in total. The summed E-state index contributed by atoms with van der Waals surface area (Å²) in [6, 6.07) is 62.7. The van der Waals surface area contributed by atoms with Crippen LogP contribution in [0.15, 0.2) is 170 Å². The van der Waals surface area contributed by atoms with Crippen molar-refractivity contribution in [3.8, 4) is 0 Å². The highest BCUT2D eigenvalue weighted by atomic mass is 15.2. The maximum Gasteiger partial charge on any atom is 0.125 e. The normalized spacial score (nSPS) is 13.7. The van der Waals surface area contributed by atoms with E-state index in [-0.39, 0.29) is 0 Å². The summed E-state index contributed by atoms with van der Waals surface area (Å²) in [7, 11) is 0. The first kappa shape index (κ1) is 27.1. The standard InChI is InChI=1S/C45H33N3/c1-2-46-39-23-11-6-20-35(39)36-30-32(28-29-40(36)46)47-43-26-14-9-21-37(43)45(31-16-4-3-5-17-31,38-22-10-15-27-44(38)47)48-41-24-12-7-18-33(41)34-19-8-13-25-42(34)48/h3-30H,2H2,1H3. The Hall–Kier alpha value is -6.06. The Kier molecular flexibility index (Phi) is 5.77. The Bertz CT molecular complexity index is 2580. The summed E-state index contributed by atoms with van der Waals surface area (Å²) in [6.07, 6.45) is 0. The van der Waals surface area contributed by atoms with Crippen molar-refractivity contribution < 1.29 is 0 Å². The molecule has 10 rings (SSSR count). The summed E-state index contributed by atoms with van der Waals surface area (Å²) in [5, 5.41) is 5.10. The number of anilines is 3. The molecule has 1 aliphatic rings. The lowest BCUT2D eigenvalue weighted by Gasteiger charge is -2.47. The average molecular weight is 616 g/mol. The maximum atomic E-state index is 2.61. The van der Waals surface area contributed by atoms with Gasteiger partial charge in [-0.3, -0.25) is 0 Å². The van der Waals surface area contributed by atoms with Crippen LogP contribution in [0, 0.1) is 0 Å². The van der Waals surface area contributed by atoms with Crippen molar-refractivity contribution >= 4 is 60.7 Å². The molecule has 0 unspecified atom stereocenters. The van der Waals surface area contributed by atoms with Crippen LogP contribution in [0.2, 0.25) is 0 Å². The Morgan fingerprint density at radius 2 is 0.917 bits per heavy atom. The second-order valence-corrected chi connectivity index (χ2v) is 12.8. The Morgan fingerprint density at radius 3 is 1.52 bits per heavy atom. The van der Waals surface area contributed by atoms with E-state index < -0.39 is 5.54 Å². The van der Waals surface area contributed by atoms with E-state index in [1.54, 1.807) is 0 Å². The number of aryl methyl sites for hydroxylation is 1. The number of benzene rings is 7. The van der Waals surface area contributed by atoms with Crippen LogP contribution in [-0.4, -0.2) is 9.13 Å². The molecule has 228 valence electrons. The first-order chi connectivity index (χ1) is 23.8. The molecule has 0 saturated carbocycles. The third-order valence-electron chi connectivity index (χ3n) is 10.5. The van der Waals surface area contributed by atoms with Gasteiger partial charge in [-0.2, -0.15) is 0 Å². The minimum atomic E-state index is -0.643. The monoisotopic (exact) mass is 615 g/mol. The van der Waals surface area contributed by atoms with Crippen LogP contribution < -0.4 is 4.90 Å². The molecule has 48 heavy (non-hydrogen) atoms. The van der Waals surface area contributed by atoms with Gasteiger partial charge in [0.15, 0.2) is 0 Å². The Morgan fingerprint density at radius 1 is 0.438 bits per heavy atom. The summed E-state index contributed by atoms with van der Waals surface area (Å²) in [5.41, 5.74) is 11.6. The van der Waals surface area contributed by atoms with E-state index in [4.69, 9.17) is 0 Å². The minimum Gasteiger partial charge on any atom is -0.341 e. The summed E-state index contributed by atoms with van der Waals surface area (Å²) < 4.78 is 5.04. The maximum absolute atomic E-state index is 2.61. The van der Waals surface area contributed by atoms with Gasteiger partial charge in [0.05, 0.1) is 22.4 Å². The zero-order chi connectivity index (χ0) is 31.8. The Balaban J connectivity index is 1.35. The van der Waals surface area contributed by atoms with Crippen molar-refractivity contribution in [3.05, 3.63) is 187 Å². The second kappa shape index (κ2) is 10.2. The highest BCUT2D eigenvalue weighted by Crippen LogP contribution is 2.57. The number of rotatable bonds is 4. The smallest absolute Gasteiger partial charge is 0.125 e. The third kappa shape index (κ3) is 3.48. The first-order valence-corrected chi connectivity index (χ1v) is 16.8. The predicted octanol–water partition coefficient (Wildman–Crippen LogP) is 11.5. The summed E-state index contributed by atoms with van der Waals surface area (Å²) in [6.45, 7) is 3.16. The highest BCUT2D eigenvalue weighted by Gasteiger charge is 2.47. The lowest BCUT2D eigenvalue weighted by molar-refractivity contribution is 0.544. The molecule has 0 saturated heterocycles. The fourth-order valence-corrected chi connectivity index (χ4v) is 8.67. The van der Waals surface area contributed by atoms with Crippen molar-refractivity contribution in [2.45, 2.75) is 19.0 Å². The largest absolute Gasteiger partial charge is 0.341 e. The highest BCUT2D eigenvalue weighted by molar-refractivity contribution is 6.11. The summed E-state index contributed by atoms with van der Waals surface area (Å²) in [4.78, 5) is 2.48. The molecular formula is C45H33N3. The predicted molar refractivity (Wildman–Crippen MR) is 201 cm³/mol.